The van der Waals surface area contributed by atoms with E-state index in [2.05, 4.69) is 0 Å². The molecule has 0 saturated carbocycles. The molecule has 7 nitrogen and oxygen atoms in total. The van der Waals surface area contributed by atoms with Gasteiger partial charge in [-0.15, -0.1) is 0 Å². The standard InChI is InChI=1S/C31H34N2O5/c32-31-26(21-29(33(34)35)27-19-23-9-3-4-10-24(23)20-28(27)31)22-12-14-25(15-13-22)36-16-6-1-2-7-17-37-30-11-5-8-18-38-30/h3-4,9-10,12-15,19-21,30H,1-2,5-8,11,16-18,32H2. The van der Waals surface area contributed by atoms with Gasteiger partial charge in [0.05, 0.1) is 16.9 Å². The van der Waals surface area contributed by atoms with Gasteiger partial charge in [-0.3, -0.25) is 10.1 Å². The van der Waals surface area contributed by atoms with Gasteiger partial charge in [-0.1, -0.05) is 42.8 Å². The first-order chi connectivity index (χ1) is 18.6. The number of fused-ring (bicyclic) bond motifs is 2. The lowest BCUT2D eigenvalue weighted by molar-refractivity contribution is -0.383. The highest BCUT2D eigenvalue weighted by Crippen LogP contribution is 2.40. The van der Waals surface area contributed by atoms with Gasteiger partial charge in [0.15, 0.2) is 6.29 Å². The minimum absolute atomic E-state index is 0.00830. The average Bonchev–Trinajstić information content (AvgIpc) is 2.95. The Kier molecular flexibility index (Phi) is 8.36. The summed E-state index contributed by atoms with van der Waals surface area (Å²) in [6.07, 6.45) is 7.52. The van der Waals surface area contributed by atoms with Crippen LogP contribution >= 0.6 is 0 Å². The summed E-state index contributed by atoms with van der Waals surface area (Å²) in [6, 6.07) is 20.8. The number of nitrogens with two attached hydrogens (primary N) is 1. The molecule has 0 aromatic heterocycles. The predicted molar refractivity (Wildman–Crippen MR) is 151 cm³/mol. The summed E-state index contributed by atoms with van der Waals surface area (Å²) in [5.41, 5.74) is 8.61. The number of benzene rings is 4. The van der Waals surface area contributed by atoms with Gasteiger partial charge < -0.3 is 19.9 Å². The van der Waals surface area contributed by atoms with Crippen molar-refractivity contribution in [3.05, 3.63) is 76.8 Å². The maximum absolute atomic E-state index is 11.9. The van der Waals surface area contributed by atoms with Crippen molar-refractivity contribution in [1.82, 2.24) is 0 Å². The van der Waals surface area contributed by atoms with Gasteiger partial charge in [-0.2, -0.15) is 0 Å². The van der Waals surface area contributed by atoms with E-state index in [-0.39, 0.29) is 16.9 Å². The van der Waals surface area contributed by atoms with Gasteiger partial charge in [0.25, 0.3) is 5.69 Å². The van der Waals surface area contributed by atoms with E-state index < -0.39 is 0 Å². The summed E-state index contributed by atoms with van der Waals surface area (Å²) in [7, 11) is 0. The summed E-state index contributed by atoms with van der Waals surface area (Å²) in [4.78, 5) is 11.6. The van der Waals surface area contributed by atoms with E-state index in [0.29, 0.717) is 28.6 Å². The molecule has 4 aromatic rings. The van der Waals surface area contributed by atoms with E-state index in [9.17, 15) is 10.1 Å². The van der Waals surface area contributed by atoms with Crippen LogP contribution in [0.25, 0.3) is 32.7 Å². The lowest BCUT2D eigenvalue weighted by Gasteiger charge is -2.22. The number of rotatable bonds is 11. The van der Waals surface area contributed by atoms with Crippen LogP contribution in [0.4, 0.5) is 11.4 Å². The van der Waals surface area contributed by atoms with Crippen molar-refractivity contribution in [3.63, 3.8) is 0 Å². The van der Waals surface area contributed by atoms with Crippen molar-refractivity contribution < 1.29 is 19.1 Å². The number of anilines is 1. The SMILES string of the molecule is Nc1c(-c2ccc(OCCCCCCOC3CCCCO3)cc2)cc([N+](=O)[O-])c2cc3ccccc3cc12. The van der Waals surface area contributed by atoms with Crippen molar-refractivity contribution in [2.75, 3.05) is 25.6 Å². The van der Waals surface area contributed by atoms with Crippen LogP contribution in [0.3, 0.4) is 0 Å². The zero-order valence-electron chi connectivity index (χ0n) is 21.6. The van der Waals surface area contributed by atoms with Crippen LogP contribution in [-0.4, -0.2) is 31.0 Å². The maximum atomic E-state index is 11.9. The van der Waals surface area contributed by atoms with E-state index in [0.717, 1.165) is 73.8 Å². The van der Waals surface area contributed by atoms with Crippen LogP contribution < -0.4 is 10.5 Å². The molecule has 0 amide bonds. The van der Waals surface area contributed by atoms with Crippen molar-refractivity contribution in [3.8, 4) is 16.9 Å². The predicted octanol–water partition coefficient (Wildman–Crippen LogP) is 7.63. The van der Waals surface area contributed by atoms with Crippen LogP contribution in [0.2, 0.25) is 0 Å². The van der Waals surface area contributed by atoms with Gasteiger partial charge >= 0.3 is 0 Å². The van der Waals surface area contributed by atoms with E-state index in [4.69, 9.17) is 19.9 Å². The number of non-ortho nitro benzene ring substituents is 1. The Morgan fingerprint density at radius 2 is 1.61 bits per heavy atom. The van der Waals surface area contributed by atoms with Crippen LogP contribution in [0, 0.1) is 10.1 Å². The highest BCUT2D eigenvalue weighted by molar-refractivity contribution is 6.11. The molecule has 198 valence electrons. The van der Waals surface area contributed by atoms with Crippen LogP contribution in [-0.2, 0) is 9.47 Å². The molecule has 1 saturated heterocycles. The van der Waals surface area contributed by atoms with Crippen molar-refractivity contribution >= 4 is 32.9 Å². The average molecular weight is 515 g/mol. The Hall–Kier alpha value is -3.68. The topological polar surface area (TPSA) is 96.9 Å². The third kappa shape index (κ3) is 6.06. The van der Waals surface area contributed by atoms with Gasteiger partial charge in [0.2, 0.25) is 0 Å². The smallest absolute Gasteiger partial charge is 0.277 e. The molecule has 7 heteroatoms. The molecule has 0 radical (unpaired) electrons. The molecule has 1 aliphatic rings. The third-order valence-corrected chi connectivity index (χ3v) is 7.13. The highest BCUT2D eigenvalue weighted by Gasteiger charge is 2.19. The molecular weight excluding hydrogens is 480 g/mol. The summed E-state index contributed by atoms with van der Waals surface area (Å²) in [5, 5.41) is 15.1. The molecule has 38 heavy (non-hydrogen) atoms. The zero-order chi connectivity index (χ0) is 26.3. The Morgan fingerprint density at radius 3 is 2.29 bits per heavy atom. The molecule has 0 spiro atoms. The number of hydrogen-bond acceptors (Lipinski definition) is 6. The number of nitro groups is 1. The largest absolute Gasteiger partial charge is 0.494 e. The van der Waals surface area contributed by atoms with Gasteiger partial charge in [-0.25, -0.2) is 0 Å². The first kappa shape index (κ1) is 25.9. The van der Waals surface area contributed by atoms with E-state index in [1.807, 2.05) is 60.7 Å². The normalized spacial score (nSPS) is 15.6. The fourth-order valence-corrected chi connectivity index (χ4v) is 5.04. The van der Waals surface area contributed by atoms with Crippen molar-refractivity contribution in [2.45, 2.75) is 51.2 Å². The molecule has 0 bridgehead atoms. The molecular formula is C31H34N2O5. The Balaban J connectivity index is 1.18. The number of nitro benzene ring substituents is 1. The van der Waals surface area contributed by atoms with E-state index in [1.165, 1.54) is 6.42 Å². The number of nitrogens with zero attached hydrogens (tertiary/aromatic N) is 1. The van der Waals surface area contributed by atoms with Gasteiger partial charge in [0, 0.05) is 35.9 Å². The Bertz CT molecular complexity index is 1400. The number of nitrogen functional groups attached to an aromatic ring is 1. The highest BCUT2D eigenvalue weighted by atomic mass is 16.7. The molecule has 1 aliphatic heterocycles. The molecule has 2 N–H and O–H groups in total. The first-order valence-corrected chi connectivity index (χ1v) is 13.5. The minimum atomic E-state index is -0.340. The molecule has 0 aliphatic carbocycles. The lowest BCUT2D eigenvalue weighted by Crippen LogP contribution is -2.22. The van der Waals surface area contributed by atoms with Gasteiger partial charge in [0.1, 0.15) is 5.75 Å². The second-order valence-electron chi connectivity index (χ2n) is 9.81. The summed E-state index contributed by atoms with van der Waals surface area (Å²) in [6.45, 7) is 2.21. The summed E-state index contributed by atoms with van der Waals surface area (Å²) >= 11 is 0. The van der Waals surface area contributed by atoms with Gasteiger partial charge in [-0.05, 0) is 79.1 Å². The number of hydrogen-bond donors (Lipinski definition) is 1. The van der Waals surface area contributed by atoms with Crippen LogP contribution in [0.1, 0.15) is 44.9 Å². The minimum Gasteiger partial charge on any atom is -0.494 e. The number of unbranched alkanes of at least 4 members (excludes halogenated alkanes) is 3. The van der Waals surface area contributed by atoms with E-state index in [1.54, 1.807) is 6.07 Å². The molecule has 1 fully saturated rings. The molecule has 4 aromatic carbocycles. The quantitative estimate of drug-likeness (QED) is 0.0726. The van der Waals surface area contributed by atoms with E-state index >= 15 is 0 Å². The number of ether oxygens (including phenoxy) is 3. The second kappa shape index (κ2) is 12.2. The zero-order valence-corrected chi connectivity index (χ0v) is 21.6. The third-order valence-electron chi connectivity index (χ3n) is 7.13. The molecule has 5 rings (SSSR count). The fourth-order valence-electron chi connectivity index (χ4n) is 5.04. The lowest BCUT2D eigenvalue weighted by atomic mass is 9.95. The van der Waals surface area contributed by atoms with Crippen molar-refractivity contribution in [2.24, 2.45) is 0 Å². The maximum Gasteiger partial charge on any atom is 0.277 e. The van der Waals surface area contributed by atoms with Crippen molar-refractivity contribution in [1.29, 1.82) is 0 Å². The second-order valence-corrected chi connectivity index (χ2v) is 9.81. The fraction of sp³-hybridized carbons (Fsp3) is 0.355. The Morgan fingerprint density at radius 1 is 0.895 bits per heavy atom. The summed E-state index contributed by atoms with van der Waals surface area (Å²) < 4.78 is 17.3. The van der Waals surface area contributed by atoms with Crippen LogP contribution in [0.5, 0.6) is 5.75 Å². The molecule has 1 unspecified atom stereocenters. The first-order valence-electron chi connectivity index (χ1n) is 13.5. The summed E-state index contributed by atoms with van der Waals surface area (Å²) in [5.74, 6) is 0.770. The molecule has 1 heterocycles. The molecule has 1 atom stereocenters. The Labute approximate surface area is 222 Å². The van der Waals surface area contributed by atoms with Crippen LogP contribution in [0.15, 0.2) is 66.7 Å². The monoisotopic (exact) mass is 514 g/mol.